The van der Waals surface area contributed by atoms with Crippen LogP contribution in [0.25, 0.3) is 0 Å². The lowest BCUT2D eigenvalue weighted by Gasteiger charge is -2.46. The Morgan fingerprint density at radius 3 is 0.699 bits per heavy atom. The largest absolute Gasteiger partial charge is 0.311 e. The van der Waals surface area contributed by atoms with Gasteiger partial charge in [0.25, 0.3) is 20.1 Å². The number of benzene rings is 15. The first-order valence-corrected chi connectivity index (χ1v) is 62.0. The summed E-state index contributed by atoms with van der Waals surface area (Å²) in [6.07, 6.45) is 0. The lowest BCUT2D eigenvalue weighted by molar-refractivity contribution is 0.590. The summed E-state index contributed by atoms with van der Waals surface area (Å²) in [6.45, 7) is 62.1. The van der Waals surface area contributed by atoms with Crippen molar-refractivity contribution in [2.75, 3.05) is 29.4 Å². The molecule has 21 rings (SSSR count). The molecule has 6 heterocycles. The van der Waals surface area contributed by atoms with Gasteiger partial charge in [0.2, 0.25) is 0 Å². The summed E-state index contributed by atoms with van der Waals surface area (Å²) in [6, 6.07) is 119. The molecule has 0 saturated heterocycles. The molecule has 0 radical (unpaired) electrons. The topological polar surface area (TPSA) is 19.4 Å². The van der Waals surface area contributed by atoms with Crippen LogP contribution < -0.4 is 99.3 Å². The van der Waals surface area contributed by atoms with Crippen LogP contribution in [-0.4, -0.2) is 53.2 Å². The second-order valence-electron chi connectivity index (χ2n) is 46.3. The van der Waals surface area contributed by atoms with E-state index in [0.29, 0.717) is 0 Å². The lowest BCUT2D eigenvalue weighted by Crippen LogP contribution is -2.63. The Morgan fingerprint density at radius 1 is 0.211 bits per heavy atom. The zero-order valence-corrected chi connectivity index (χ0v) is 87.4. The van der Waals surface area contributed by atoms with Gasteiger partial charge in [-0.15, -0.1) is 0 Å². The van der Waals surface area contributed by atoms with Crippen LogP contribution in [0.2, 0.25) is 72.0 Å². The van der Waals surface area contributed by atoms with Crippen molar-refractivity contribution in [1.29, 1.82) is 0 Å². The van der Waals surface area contributed by atoms with Crippen LogP contribution in [0.1, 0.15) is 130 Å². The van der Waals surface area contributed by atoms with Gasteiger partial charge in [-0.1, -0.05) is 312 Å². The summed E-state index contributed by atoms with van der Waals surface area (Å²) in [5.41, 5.74) is 46.2. The first kappa shape index (κ1) is 87.8. The standard InChI is InChI=1S/C120H127B3N6Si4/c1-75-27-39-86(40-28-75)124-106-61-55-94(132(21,22)23)73-100(106)122-98-71-84(37-59-104(98)126(111-67-78(4)66-110(124)115(111)122)88-43-32-81(33-44-88)118(9,10)11)120(15,83-36-58-103-97(70-83)121-96-63-76(2)29-57-102(96)128(90-47-51-92(52-48-90)130(16)17)109-65-77(3)64-108(114(109)121)125(103)87-41-30-80(31-42-87)117(6,7)8)85-38-60-105-99(72-85)123-101-74-95(133(24,25)26)56-62-107(101)129(91-49-53-93(54-50-91)131(18,19)20)113-69-79(5)68-112(116(113)123)127(105)89-45-34-82(35-46-89)119(12,13)14/h27-74,130H,1-26H3. The van der Waals surface area contributed by atoms with E-state index >= 15 is 0 Å². The van der Waals surface area contributed by atoms with Crippen molar-refractivity contribution in [3.63, 3.8) is 0 Å². The van der Waals surface area contributed by atoms with E-state index in [1.54, 1.807) is 0 Å². The molecule has 0 aromatic heterocycles. The van der Waals surface area contributed by atoms with E-state index in [2.05, 4.69) is 496 Å². The van der Waals surface area contributed by atoms with E-state index in [4.69, 9.17) is 0 Å². The van der Waals surface area contributed by atoms with Gasteiger partial charge in [0.05, 0.1) is 33.0 Å². The highest BCUT2D eigenvalue weighted by Crippen LogP contribution is 2.53. The van der Waals surface area contributed by atoms with Crippen LogP contribution in [0.4, 0.5) is 102 Å². The SMILES string of the molecule is Cc1ccc(N2c3ccc([Si](C)(C)C)cc3B3c4cc(C(C)(c5ccc6c(c5)B5c7cc(C)ccc7N(c7ccc([SiH](C)C)cc7)c7cc(C)cc(c75)N6c5ccc(C(C)(C)C)cc5)c5ccc6c(c5)B5c7cc([Si](C)(C)C)ccc7N(c7ccc([Si](C)(C)C)cc7)c7cc(C)cc(c75)N6c5ccc(C(C)(C)C)cc5)ccc4N(c4ccc(C(C)(C)C)cc4)c4cc(C)cc2c43)cc1. The molecule has 6 aliphatic heterocycles. The molecule has 0 fully saturated rings. The maximum atomic E-state index is 2.74. The molecule has 1 unspecified atom stereocenters. The van der Waals surface area contributed by atoms with Gasteiger partial charge in [0.15, 0.2) is 0 Å². The van der Waals surface area contributed by atoms with Crippen molar-refractivity contribution in [2.45, 2.75) is 198 Å². The molecule has 15 aromatic rings. The summed E-state index contributed by atoms with van der Waals surface area (Å²) in [7, 11) is -6.75. The molecule has 133 heavy (non-hydrogen) atoms. The van der Waals surface area contributed by atoms with Crippen LogP contribution in [0, 0.1) is 34.6 Å². The fourth-order valence-corrected chi connectivity index (χ4v) is 27.2. The first-order chi connectivity index (χ1) is 63.0. The van der Waals surface area contributed by atoms with Crippen molar-refractivity contribution >= 4 is 225 Å². The first-order valence-electron chi connectivity index (χ1n) is 48.6. The smallest absolute Gasteiger partial charge is 0.252 e. The lowest BCUT2D eigenvalue weighted by atomic mass is 9.32. The summed E-state index contributed by atoms with van der Waals surface area (Å²) in [4.78, 5) is 15.8. The van der Waals surface area contributed by atoms with Crippen molar-refractivity contribution in [3.05, 3.63) is 352 Å². The van der Waals surface area contributed by atoms with Gasteiger partial charge in [-0.25, -0.2) is 0 Å². The number of hydrogen-bond acceptors (Lipinski definition) is 6. The minimum absolute atomic E-state index is 0.0492. The molecule has 1 atom stereocenters. The predicted molar refractivity (Wildman–Crippen MR) is 594 cm³/mol. The minimum atomic E-state index is -1.98. The van der Waals surface area contributed by atoms with Crippen LogP contribution in [-0.2, 0) is 21.7 Å². The van der Waals surface area contributed by atoms with E-state index in [-0.39, 0.29) is 36.4 Å². The molecular weight excluding hydrogens is 1670 g/mol. The molecule has 0 amide bonds. The fourth-order valence-electron chi connectivity index (χ4n) is 22.7. The number of hydrogen-bond donors (Lipinski definition) is 0. The van der Waals surface area contributed by atoms with Gasteiger partial charge in [0, 0.05) is 108 Å². The highest BCUT2D eigenvalue weighted by atomic mass is 28.3. The highest BCUT2D eigenvalue weighted by molar-refractivity contribution is 7.03. The molecule has 0 spiro atoms. The third kappa shape index (κ3) is 14.5. The van der Waals surface area contributed by atoms with Crippen molar-refractivity contribution in [2.24, 2.45) is 0 Å². The summed E-state index contributed by atoms with van der Waals surface area (Å²) < 4.78 is 0. The molecule has 15 aromatic carbocycles. The van der Waals surface area contributed by atoms with Gasteiger partial charge >= 0.3 is 0 Å². The molecule has 6 aliphatic rings. The number of fused-ring (bicyclic) bond motifs is 12. The zero-order chi connectivity index (χ0) is 93.5. The number of anilines is 18. The van der Waals surface area contributed by atoms with Gasteiger partial charge in [0.1, 0.15) is 0 Å². The van der Waals surface area contributed by atoms with E-state index in [0.717, 1.165) is 22.7 Å². The molecule has 662 valence electrons. The maximum Gasteiger partial charge on any atom is 0.252 e. The molecule has 0 aliphatic carbocycles. The van der Waals surface area contributed by atoms with Gasteiger partial charge in [-0.3, -0.25) is 0 Å². The molecule has 0 N–H and O–H groups in total. The Balaban J connectivity index is 0.883. The minimum Gasteiger partial charge on any atom is -0.311 e. The van der Waals surface area contributed by atoms with E-state index < -0.39 is 38.4 Å². The second kappa shape index (κ2) is 31.1. The second-order valence-corrected chi connectivity index (χ2v) is 64.5. The molecule has 0 bridgehead atoms. The average molecular weight is 1800 g/mol. The fraction of sp³-hybridized carbons (Fsp3) is 0.250. The Labute approximate surface area is 798 Å². The summed E-state index contributed by atoms with van der Waals surface area (Å²) in [5.74, 6) is 0. The van der Waals surface area contributed by atoms with Crippen LogP contribution in [0.15, 0.2) is 291 Å². The van der Waals surface area contributed by atoms with E-state index in [1.165, 1.54) is 211 Å². The normalized spacial score (nSPS) is 14.7. The predicted octanol–water partition coefficient (Wildman–Crippen LogP) is 24.1. The third-order valence-electron chi connectivity index (χ3n) is 30.3. The number of aryl methyl sites for hydroxylation is 5. The van der Waals surface area contributed by atoms with Crippen LogP contribution >= 0.6 is 0 Å². The number of nitrogens with zero attached hydrogens (tertiary/aromatic N) is 6. The van der Waals surface area contributed by atoms with Crippen LogP contribution in [0.3, 0.4) is 0 Å². The third-order valence-corrected chi connectivity index (χ3v) is 38.2. The van der Waals surface area contributed by atoms with Gasteiger partial charge < -0.3 is 29.4 Å². The Morgan fingerprint density at radius 2 is 0.429 bits per heavy atom. The molecular formula is C120H127B3N6Si4. The highest BCUT2D eigenvalue weighted by Gasteiger charge is 2.51. The Bertz CT molecular complexity index is 7230. The quantitative estimate of drug-likeness (QED) is 0.0840. The molecule has 0 saturated carbocycles. The monoisotopic (exact) mass is 1800 g/mol. The van der Waals surface area contributed by atoms with E-state index in [1.807, 2.05) is 0 Å². The van der Waals surface area contributed by atoms with Crippen molar-refractivity contribution < 1.29 is 0 Å². The van der Waals surface area contributed by atoms with E-state index in [9.17, 15) is 0 Å². The number of rotatable bonds is 13. The zero-order valence-electron chi connectivity index (χ0n) is 83.2. The Hall–Kier alpha value is -11.8. The van der Waals surface area contributed by atoms with Crippen molar-refractivity contribution in [1.82, 2.24) is 0 Å². The van der Waals surface area contributed by atoms with Crippen LogP contribution in [0.5, 0.6) is 0 Å². The molecule has 6 nitrogen and oxygen atoms in total. The average Bonchev–Trinajstić information content (AvgIpc) is 0.696. The van der Waals surface area contributed by atoms with Gasteiger partial charge in [-0.2, -0.15) is 0 Å². The maximum absolute atomic E-state index is 2.74. The Kier molecular flexibility index (Phi) is 20.5. The van der Waals surface area contributed by atoms with Gasteiger partial charge in [-0.05, 0) is 303 Å². The summed E-state index contributed by atoms with van der Waals surface area (Å²) >= 11 is 0. The molecule has 13 heteroatoms. The summed E-state index contributed by atoms with van der Waals surface area (Å²) in [5, 5.41) is 5.84. The van der Waals surface area contributed by atoms with Crippen molar-refractivity contribution in [3.8, 4) is 0 Å².